The van der Waals surface area contributed by atoms with Crippen molar-refractivity contribution in [1.29, 1.82) is 0 Å². The molecule has 0 fully saturated rings. The molecule has 0 atom stereocenters. The molecule has 0 bridgehead atoms. The van der Waals surface area contributed by atoms with Gasteiger partial charge < -0.3 is 14.2 Å². The Morgan fingerprint density at radius 3 is 2.48 bits per heavy atom. The molecule has 1 N–H and O–H groups in total. The van der Waals surface area contributed by atoms with Crippen molar-refractivity contribution in [3.8, 4) is 17.2 Å². The summed E-state index contributed by atoms with van der Waals surface area (Å²) in [6.07, 6.45) is 2.09. The van der Waals surface area contributed by atoms with E-state index in [9.17, 15) is 4.79 Å². The Kier molecular flexibility index (Phi) is 6.13. The number of fused-ring (bicyclic) bond motifs is 1. The molecular weight excluding hydrogens is 364 g/mol. The van der Waals surface area contributed by atoms with Crippen LogP contribution < -0.4 is 19.5 Å². The number of aromatic nitrogens is 1. The van der Waals surface area contributed by atoms with Crippen LogP contribution in [-0.2, 0) is 0 Å². The molecule has 3 rings (SSSR count). The third kappa shape index (κ3) is 4.49. The molecule has 6 nitrogen and oxygen atoms in total. The van der Waals surface area contributed by atoms with E-state index in [4.69, 9.17) is 14.2 Å². The summed E-state index contributed by atoms with van der Waals surface area (Å²) < 4.78 is 17.1. The molecule has 0 saturated heterocycles. The smallest absolute Gasteiger partial charge is 0.257 e. The first-order valence-electron chi connectivity index (χ1n) is 8.71. The maximum Gasteiger partial charge on any atom is 0.257 e. The van der Waals surface area contributed by atoms with Crippen molar-refractivity contribution in [2.24, 2.45) is 0 Å². The van der Waals surface area contributed by atoms with Gasteiger partial charge in [0, 0.05) is 17.7 Å². The molecule has 3 aromatic rings. The maximum atomic E-state index is 12.5. The number of hydrogen-bond acceptors (Lipinski definition) is 6. The first-order valence-corrected chi connectivity index (χ1v) is 9.53. The largest absolute Gasteiger partial charge is 0.494 e. The number of nitrogens with zero attached hydrogens (tertiary/aromatic N) is 1. The highest BCUT2D eigenvalue weighted by atomic mass is 32.1. The number of hydrogen-bond donors (Lipinski definition) is 1. The molecule has 0 aliphatic heterocycles. The lowest BCUT2D eigenvalue weighted by Gasteiger charge is -2.06. The third-order valence-electron chi connectivity index (χ3n) is 4.00. The summed E-state index contributed by atoms with van der Waals surface area (Å²) >= 11 is 1.38. The summed E-state index contributed by atoms with van der Waals surface area (Å²) in [4.78, 5) is 16.9. The van der Waals surface area contributed by atoms with Gasteiger partial charge in [0.25, 0.3) is 5.91 Å². The molecule has 0 saturated carbocycles. The second-order valence-corrected chi connectivity index (χ2v) is 6.91. The molecule has 142 valence electrons. The highest BCUT2D eigenvalue weighted by Gasteiger charge is 2.13. The molecule has 27 heavy (non-hydrogen) atoms. The van der Waals surface area contributed by atoms with Crippen LogP contribution in [0.1, 0.15) is 30.1 Å². The SMILES string of the molecule is CCCCOc1ccc(C(=O)Nc2nc3cc(OC)c(OC)cc3s2)cc1. The lowest BCUT2D eigenvalue weighted by Crippen LogP contribution is -2.11. The fourth-order valence-corrected chi connectivity index (χ4v) is 3.39. The third-order valence-corrected chi connectivity index (χ3v) is 4.93. The van der Waals surface area contributed by atoms with Gasteiger partial charge in [0.2, 0.25) is 0 Å². The van der Waals surface area contributed by atoms with E-state index in [-0.39, 0.29) is 5.91 Å². The fourth-order valence-electron chi connectivity index (χ4n) is 2.51. The summed E-state index contributed by atoms with van der Waals surface area (Å²) in [5, 5.41) is 3.36. The topological polar surface area (TPSA) is 69.7 Å². The average Bonchev–Trinajstić information content (AvgIpc) is 3.08. The number of nitrogens with one attached hydrogen (secondary N) is 1. The molecule has 0 aliphatic rings. The number of thiazole rings is 1. The highest BCUT2D eigenvalue weighted by molar-refractivity contribution is 7.22. The van der Waals surface area contributed by atoms with Gasteiger partial charge in [0.1, 0.15) is 5.75 Å². The molecule has 0 unspecified atom stereocenters. The van der Waals surface area contributed by atoms with Gasteiger partial charge in [-0.1, -0.05) is 24.7 Å². The Balaban J connectivity index is 1.71. The zero-order valence-electron chi connectivity index (χ0n) is 15.6. The Labute approximate surface area is 162 Å². The second-order valence-electron chi connectivity index (χ2n) is 5.87. The standard InChI is InChI=1S/C20H22N2O4S/c1-4-5-10-26-14-8-6-13(7-9-14)19(23)22-20-21-15-11-16(24-2)17(25-3)12-18(15)27-20/h6-9,11-12H,4-5,10H2,1-3H3,(H,21,22,23). The zero-order valence-corrected chi connectivity index (χ0v) is 16.4. The van der Waals surface area contributed by atoms with Crippen LogP contribution in [0.15, 0.2) is 36.4 Å². The first-order chi connectivity index (χ1) is 13.1. The number of rotatable bonds is 8. The van der Waals surface area contributed by atoms with E-state index in [2.05, 4.69) is 17.2 Å². The van der Waals surface area contributed by atoms with Gasteiger partial charge in [0.15, 0.2) is 16.6 Å². The number of carbonyl (C=O) groups excluding carboxylic acids is 1. The van der Waals surface area contributed by atoms with E-state index < -0.39 is 0 Å². The Hall–Kier alpha value is -2.80. The van der Waals surface area contributed by atoms with Crippen molar-refractivity contribution < 1.29 is 19.0 Å². The van der Waals surface area contributed by atoms with Crippen LogP contribution in [0.25, 0.3) is 10.2 Å². The summed E-state index contributed by atoms with van der Waals surface area (Å²) in [5.74, 6) is 1.78. The van der Waals surface area contributed by atoms with Crippen LogP contribution in [0.5, 0.6) is 17.2 Å². The van der Waals surface area contributed by atoms with Gasteiger partial charge >= 0.3 is 0 Å². The van der Waals surface area contributed by atoms with Crippen molar-refractivity contribution in [3.63, 3.8) is 0 Å². The van der Waals surface area contributed by atoms with Crippen LogP contribution in [-0.4, -0.2) is 31.7 Å². The minimum Gasteiger partial charge on any atom is -0.494 e. The Morgan fingerprint density at radius 1 is 1.11 bits per heavy atom. The number of ether oxygens (including phenoxy) is 3. The Morgan fingerprint density at radius 2 is 1.81 bits per heavy atom. The van der Waals surface area contributed by atoms with Crippen LogP contribution >= 0.6 is 11.3 Å². The van der Waals surface area contributed by atoms with E-state index >= 15 is 0 Å². The Bertz CT molecular complexity index is 881. The lowest BCUT2D eigenvalue weighted by atomic mass is 10.2. The van der Waals surface area contributed by atoms with Crippen LogP contribution in [0.2, 0.25) is 0 Å². The van der Waals surface area contributed by atoms with Gasteiger partial charge in [-0.05, 0) is 30.7 Å². The summed E-state index contributed by atoms with van der Waals surface area (Å²) in [6.45, 7) is 2.80. The number of methoxy groups -OCH3 is 2. The predicted molar refractivity (Wildman–Crippen MR) is 108 cm³/mol. The number of amides is 1. The van der Waals surface area contributed by atoms with Crippen molar-refractivity contribution in [2.45, 2.75) is 19.8 Å². The molecular formula is C20H22N2O4S. The normalized spacial score (nSPS) is 10.6. The van der Waals surface area contributed by atoms with E-state index in [1.165, 1.54) is 11.3 Å². The maximum absolute atomic E-state index is 12.5. The van der Waals surface area contributed by atoms with E-state index in [0.717, 1.165) is 28.8 Å². The average molecular weight is 386 g/mol. The molecule has 2 aromatic carbocycles. The van der Waals surface area contributed by atoms with Gasteiger partial charge in [-0.3, -0.25) is 10.1 Å². The minimum atomic E-state index is -0.215. The monoisotopic (exact) mass is 386 g/mol. The molecule has 0 aliphatic carbocycles. The van der Waals surface area contributed by atoms with Crippen molar-refractivity contribution in [1.82, 2.24) is 4.98 Å². The molecule has 7 heteroatoms. The molecule has 1 heterocycles. The number of anilines is 1. The summed E-state index contributed by atoms with van der Waals surface area (Å²) in [6, 6.07) is 10.7. The van der Waals surface area contributed by atoms with E-state index in [1.807, 2.05) is 6.07 Å². The van der Waals surface area contributed by atoms with Gasteiger partial charge in [-0.15, -0.1) is 0 Å². The fraction of sp³-hybridized carbons (Fsp3) is 0.300. The van der Waals surface area contributed by atoms with Crippen molar-refractivity contribution >= 4 is 32.6 Å². The number of unbranched alkanes of at least 4 members (excludes halogenated alkanes) is 1. The van der Waals surface area contributed by atoms with Gasteiger partial charge in [-0.2, -0.15) is 0 Å². The van der Waals surface area contributed by atoms with Crippen LogP contribution in [0.4, 0.5) is 5.13 Å². The first kappa shape index (κ1) is 19.0. The lowest BCUT2D eigenvalue weighted by molar-refractivity contribution is 0.102. The highest BCUT2D eigenvalue weighted by Crippen LogP contribution is 2.36. The summed E-state index contributed by atoms with van der Waals surface area (Å²) in [5.41, 5.74) is 1.29. The summed E-state index contributed by atoms with van der Waals surface area (Å²) in [7, 11) is 3.16. The van der Waals surface area contributed by atoms with E-state index in [0.29, 0.717) is 28.8 Å². The van der Waals surface area contributed by atoms with Gasteiger partial charge in [-0.25, -0.2) is 4.98 Å². The van der Waals surface area contributed by atoms with E-state index in [1.54, 1.807) is 44.6 Å². The minimum absolute atomic E-state index is 0.215. The molecule has 1 amide bonds. The number of carbonyl (C=O) groups is 1. The number of benzene rings is 2. The van der Waals surface area contributed by atoms with Crippen LogP contribution in [0, 0.1) is 0 Å². The molecule has 0 spiro atoms. The predicted octanol–water partition coefficient (Wildman–Crippen LogP) is 4.74. The van der Waals surface area contributed by atoms with Crippen molar-refractivity contribution in [2.75, 3.05) is 26.1 Å². The quantitative estimate of drug-likeness (QED) is 0.566. The zero-order chi connectivity index (χ0) is 19.2. The second kappa shape index (κ2) is 8.73. The van der Waals surface area contributed by atoms with Gasteiger partial charge in [0.05, 0.1) is 31.0 Å². The molecule has 0 radical (unpaired) electrons. The molecule has 1 aromatic heterocycles. The van der Waals surface area contributed by atoms with Crippen molar-refractivity contribution in [3.05, 3.63) is 42.0 Å². The van der Waals surface area contributed by atoms with Crippen LogP contribution in [0.3, 0.4) is 0 Å².